The van der Waals surface area contributed by atoms with Gasteiger partial charge < -0.3 is 10.2 Å². The standard InChI is InChI=1S/C15H21ClN2/c1-11-4-3-9-18(11)15-6-2-5-14(16)13(15)10-17-12-7-8-12/h2,5-6,11-12,17H,3-4,7-10H2,1H3. The predicted molar refractivity (Wildman–Crippen MR) is 77.4 cm³/mol. The number of halogens is 1. The maximum atomic E-state index is 6.39. The molecule has 1 aromatic carbocycles. The molecule has 0 radical (unpaired) electrons. The maximum absolute atomic E-state index is 6.39. The van der Waals surface area contributed by atoms with Crippen LogP contribution < -0.4 is 10.2 Å². The zero-order valence-electron chi connectivity index (χ0n) is 11.0. The van der Waals surface area contributed by atoms with Crippen LogP contribution in [0.1, 0.15) is 38.2 Å². The third-order valence-electron chi connectivity index (χ3n) is 4.10. The molecule has 98 valence electrons. The molecule has 2 nitrogen and oxygen atoms in total. The molecule has 1 atom stereocenters. The minimum Gasteiger partial charge on any atom is -0.369 e. The maximum Gasteiger partial charge on any atom is 0.0471 e. The van der Waals surface area contributed by atoms with Gasteiger partial charge >= 0.3 is 0 Å². The third-order valence-corrected chi connectivity index (χ3v) is 4.46. The number of hydrogen-bond acceptors (Lipinski definition) is 2. The van der Waals surface area contributed by atoms with Gasteiger partial charge in [0, 0.05) is 41.4 Å². The highest BCUT2D eigenvalue weighted by molar-refractivity contribution is 6.31. The Morgan fingerprint density at radius 1 is 1.33 bits per heavy atom. The van der Waals surface area contributed by atoms with Gasteiger partial charge in [-0.25, -0.2) is 0 Å². The minimum atomic E-state index is 0.642. The van der Waals surface area contributed by atoms with E-state index in [0.29, 0.717) is 6.04 Å². The Balaban J connectivity index is 1.84. The van der Waals surface area contributed by atoms with E-state index in [-0.39, 0.29) is 0 Å². The number of hydrogen-bond donors (Lipinski definition) is 1. The first-order valence-electron chi connectivity index (χ1n) is 7.03. The Labute approximate surface area is 114 Å². The van der Waals surface area contributed by atoms with Crippen LogP contribution in [0, 0.1) is 0 Å². The Bertz CT molecular complexity index is 429. The van der Waals surface area contributed by atoms with Crippen molar-refractivity contribution in [2.45, 2.75) is 51.2 Å². The van der Waals surface area contributed by atoms with E-state index < -0.39 is 0 Å². The zero-order chi connectivity index (χ0) is 12.5. The van der Waals surface area contributed by atoms with Crippen LogP contribution in [0.3, 0.4) is 0 Å². The van der Waals surface area contributed by atoms with Gasteiger partial charge in [0.15, 0.2) is 0 Å². The number of nitrogens with one attached hydrogen (secondary N) is 1. The Hall–Kier alpha value is -0.730. The Morgan fingerprint density at radius 2 is 2.17 bits per heavy atom. The molecule has 1 aromatic rings. The number of nitrogens with zero attached hydrogens (tertiary/aromatic N) is 1. The SMILES string of the molecule is CC1CCCN1c1cccc(Cl)c1CNC1CC1. The fraction of sp³-hybridized carbons (Fsp3) is 0.600. The zero-order valence-corrected chi connectivity index (χ0v) is 11.7. The van der Waals surface area contributed by atoms with Gasteiger partial charge in [0.2, 0.25) is 0 Å². The van der Waals surface area contributed by atoms with E-state index in [1.807, 2.05) is 6.07 Å². The van der Waals surface area contributed by atoms with Crippen molar-refractivity contribution in [2.24, 2.45) is 0 Å². The molecule has 2 fully saturated rings. The summed E-state index contributed by atoms with van der Waals surface area (Å²) in [6.45, 7) is 4.38. The first-order chi connectivity index (χ1) is 8.75. The van der Waals surface area contributed by atoms with E-state index in [0.717, 1.165) is 24.2 Å². The van der Waals surface area contributed by atoms with Crippen LogP contribution >= 0.6 is 11.6 Å². The molecule has 1 heterocycles. The predicted octanol–water partition coefficient (Wildman–Crippen LogP) is 3.58. The molecular weight excluding hydrogens is 244 g/mol. The summed E-state index contributed by atoms with van der Waals surface area (Å²) in [5.74, 6) is 0. The average Bonchev–Trinajstić information content (AvgIpc) is 3.09. The molecule has 1 saturated carbocycles. The van der Waals surface area contributed by atoms with Gasteiger partial charge in [-0.05, 0) is 44.7 Å². The molecule has 3 rings (SSSR count). The molecule has 0 aromatic heterocycles. The average molecular weight is 265 g/mol. The van der Waals surface area contributed by atoms with Crippen molar-refractivity contribution in [3.8, 4) is 0 Å². The monoisotopic (exact) mass is 264 g/mol. The summed E-state index contributed by atoms with van der Waals surface area (Å²) >= 11 is 6.39. The largest absolute Gasteiger partial charge is 0.369 e. The second-order valence-electron chi connectivity index (χ2n) is 5.58. The summed E-state index contributed by atoms with van der Waals surface area (Å²) < 4.78 is 0. The molecule has 1 saturated heterocycles. The number of anilines is 1. The first-order valence-corrected chi connectivity index (χ1v) is 7.41. The molecule has 3 heteroatoms. The molecule has 0 amide bonds. The van der Waals surface area contributed by atoms with Gasteiger partial charge in [0.1, 0.15) is 0 Å². The molecule has 1 N–H and O–H groups in total. The number of benzene rings is 1. The van der Waals surface area contributed by atoms with E-state index in [4.69, 9.17) is 11.6 Å². The lowest BCUT2D eigenvalue weighted by Crippen LogP contribution is -2.28. The van der Waals surface area contributed by atoms with Crippen molar-refractivity contribution in [3.63, 3.8) is 0 Å². The van der Waals surface area contributed by atoms with Crippen molar-refractivity contribution in [3.05, 3.63) is 28.8 Å². The Morgan fingerprint density at radius 3 is 2.83 bits per heavy atom. The van der Waals surface area contributed by atoms with Gasteiger partial charge in [-0.2, -0.15) is 0 Å². The summed E-state index contributed by atoms with van der Waals surface area (Å²) in [4.78, 5) is 2.51. The van der Waals surface area contributed by atoms with Crippen LogP contribution in [0.2, 0.25) is 5.02 Å². The molecule has 2 aliphatic rings. The van der Waals surface area contributed by atoms with E-state index in [2.05, 4.69) is 29.3 Å². The fourth-order valence-electron chi connectivity index (χ4n) is 2.82. The summed E-state index contributed by atoms with van der Waals surface area (Å²) in [7, 11) is 0. The topological polar surface area (TPSA) is 15.3 Å². The third kappa shape index (κ3) is 2.50. The quantitative estimate of drug-likeness (QED) is 0.894. The van der Waals surface area contributed by atoms with E-state index in [9.17, 15) is 0 Å². The highest BCUT2D eigenvalue weighted by Crippen LogP contribution is 2.33. The van der Waals surface area contributed by atoms with E-state index in [1.165, 1.54) is 36.9 Å². The molecule has 0 spiro atoms. The van der Waals surface area contributed by atoms with E-state index >= 15 is 0 Å². The summed E-state index contributed by atoms with van der Waals surface area (Å²) in [5, 5.41) is 4.48. The fourth-order valence-corrected chi connectivity index (χ4v) is 3.05. The first kappa shape index (κ1) is 12.3. The van der Waals surface area contributed by atoms with Gasteiger partial charge in [0.25, 0.3) is 0 Å². The van der Waals surface area contributed by atoms with Crippen molar-refractivity contribution < 1.29 is 0 Å². The summed E-state index contributed by atoms with van der Waals surface area (Å²) in [6.07, 6.45) is 5.23. The normalized spacial score (nSPS) is 23.7. The van der Waals surface area contributed by atoms with Crippen LogP contribution in [0.4, 0.5) is 5.69 Å². The van der Waals surface area contributed by atoms with Crippen LogP contribution in [0.15, 0.2) is 18.2 Å². The van der Waals surface area contributed by atoms with Crippen LogP contribution in [-0.2, 0) is 6.54 Å². The van der Waals surface area contributed by atoms with Gasteiger partial charge in [-0.3, -0.25) is 0 Å². The lowest BCUT2D eigenvalue weighted by Gasteiger charge is -2.27. The molecule has 18 heavy (non-hydrogen) atoms. The molecule has 1 aliphatic carbocycles. The van der Waals surface area contributed by atoms with Gasteiger partial charge in [0.05, 0.1) is 0 Å². The second kappa shape index (κ2) is 5.10. The van der Waals surface area contributed by atoms with Crippen LogP contribution in [-0.4, -0.2) is 18.6 Å². The van der Waals surface area contributed by atoms with Crippen molar-refractivity contribution in [2.75, 3.05) is 11.4 Å². The molecule has 1 aliphatic heterocycles. The lowest BCUT2D eigenvalue weighted by atomic mass is 10.1. The van der Waals surface area contributed by atoms with Crippen LogP contribution in [0.5, 0.6) is 0 Å². The summed E-state index contributed by atoms with van der Waals surface area (Å²) in [6, 6.07) is 7.67. The Kier molecular flexibility index (Phi) is 3.49. The van der Waals surface area contributed by atoms with E-state index in [1.54, 1.807) is 0 Å². The highest BCUT2D eigenvalue weighted by Gasteiger charge is 2.25. The highest BCUT2D eigenvalue weighted by atomic mass is 35.5. The minimum absolute atomic E-state index is 0.642. The lowest BCUT2D eigenvalue weighted by molar-refractivity contribution is 0.679. The smallest absolute Gasteiger partial charge is 0.0471 e. The van der Waals surface area contributed by atoms with Crippen molar-refractivity contribution in [1.29, 1.82) is 0 Å². The summed E-state index contributed by atoms with van der Waals surface area (Å²) in [5.41, 5.74) is 2.61. The number of rotatable bonds is 4. The van der Waals surface area contributed by atoms with Gasteiger partial charge in [-0.15, -0.1) is 0 Å². The second-order valence-corrected chi connectivity index (χ2v) is 5.98. The van der Waals surface area contributed by atoms with Crippen LogP contribution in [0.25, 0.3) is 0 Å². The molecular formula is C15H21ClN2. The van der Waals surface area contributed by atoms with Crippen molar-refractivity contribution in [1.82, 2.24) is 5.32 Å². The van der Waals surface area contributed by atoms with Gasteiger partial charge in [-0.1, -0.05) is 17.7 Å². The molecule has 1 unspecified atom stereocenters. The molecule has 0 bridgehead atoms. The van der Waals surface area contributed by atoms with Crippen molar-refractivity contribution >= 4 is 17.3 Å².